The molecule has 0 aliphatic heterocycles. The SMILES string of the molecule is CCCCN(C)c1c(C)nc2ccc(C(=O)NCCCN(C)C)cn12. The molecule has 0 spiro atoms. The molecule has 6 heteroatoms. The fourth-order valence-corrected chi connectivity index (χ4v) is 2.94. The van der Waals surface area contributed by atoms with E-state index >= 15 is 0 Å². The van der Waals surface area contributed by atoms with Gasteiger partial charge in [-0.3, -0.25) is 9.20 Å². The van der Waals surface area contributed by atoms with Crippen molar-refractivity contribution in [2.45, 2.75) is 33.1 Å². The average molecular weight is 345 g/mol. The molecule has 2 aromatic heterocycles. The Morgan fingerprint density at radius 3 is 2.64 bits per heavy atom. The number of pyridine rings is 1. The van der Waals surface area contributed by atoms with Gasteiger partial charge in [-0.25, -0.2) is 4.98 Å². The first-order chi connectivity index (χ1) is 11.9. The number of carbonyl (C=O) groups excluding carboxylic acids is 1. The van der Waals surface area contributed by atoms with Crippen LogP contribution in [0.15, 0.2) is 18.3 Å². The van der Waals surface area contributed by atoms with Crippen LogP contribution in [0.2, 0.25) is 0 Å². The predicted octanol–water partition coefficient (Wildman–Crippen LogP) is 2.56. The number of nitrogens with one attached hydrogen (secondary N) is 1. The number of unbranched alkanes of at least 4 members (excludes halogenated alkanes) is 1. The normalized spacial score (nSPS) is 11.3. The third-order valence-corrected chi connectivity index (χ3v) is 4.30. The summed E-state index contributed by atoms with van der Waals surface area (Å²) in [5.41, 5.74) is 2.53. The highest BCUT2D eigenvalue weighted by Gasteiger charge is 2.15. The lowest BCUT2D eigenvalue weighted by molar-refractivity contribution is 0.0952. The largest absolute Gasteiger partial charge is 0.359 e. The van der Waals surface area contributed by atoms with Crippen molar-refractivity contribution in [3.8, 4) is 0 Å². The van der Waals surface area contributed by atoms with Gasteiger partial charge >= 0.3 is 0 Å². The Kier molecular flexibility index (Phi) is 6.82. The molecule has 1 N–H and O–H groups in total. The van der Waals surface area contributed by atoms with Gasteiger partial charge in [0.15, 0.2) is 0 Å². The summed E-state index contributed by atoms with van der Waals surface area (Å²) in [5, 5.41) is 3.00. The molecule has 138 valence electrons. The molecule has 0 atom stereocenters. The number of fused-ring (bicyclic) bond motifs is 1. The number of rotatable bonds is 9. The van der Waals surface area contributed by atoms with E-state index in [1.165, 1.54) is 0 Å². The zero-order chi connectivity index (χ0) is 18.4. The zero-order valence-corrected chi connectivity index (χ0v) is 16.2. The van der Waals surface area contributed by atoms with E-state index in [1.807, 2.05) is 43.7 Å². The molecule has 2 rings (SSSR count). The second-order valence-electron chi connectivity index (χ2n) is 6.85. The first kappa shape index (κ1) is 19.2. The summed E-state index contributed by atoms with van der Waals surface area (Å²) in [6.07, 6.45) is 5.13. The minimum Gasteiger partial charge on any atom is -0.359 e. The van der Waals surface area contributed by atoms with Crippen LogP contribution in [0.25, 0.3) is 5.65 Å². The van der Waals surface area contributed by atoms with E-state index in [-0.39, 0.29) is 5.91 Å². The summed E-state index contributed by atoms with van der Waals surface area (Å²) in [6, 6.07) is 3.76. The van der Waals surface area contributed by atoms with Crippen LogP contribution in [-0.2, 0) is 0 Å². The van der Waals surface area contributed by atoms with Crippen molar-refractivity contribution >= 4 is 17.4 Å². The molecule has 0 fully saturated rings. The zero-order valence-electron chi connectivity index (χ0n) is 16.2. The Hall–Kier alpha value is -2.08. The standard InChI is InChI=1S/C19H31N5O/c1-6-7-13-23(5)19-15(2)21-17-10-9-16(14-24(17)19)18(25)20-11-8-12-22(3)4/h9-10,14H,6-8,11-13H2,1-5H3,(H,20,25). The Bertz CT molecular complexity index is 707. The number of hydrogen-bond acceptors (Lipinski definition) is 4. The van der Waals surface area contributed by atoms with E-state index in [9.17, 15) is 4.79 Å². The molecule has 1 amide bonds. The maximum atomic E-state index is 12.4. The molecule has 2 aromatic rings. The number of imidazole rings is 1. The second-order valence-corrected chi connectivity index (χ2v) is 6.85. The van der Waals surface area contributed by atoms with E-state index in [0.717, 1.165) is 49.5 Å². The molecule has 0 saturated heterocycles. The highest BCUT2D eigenvalue weighted by molar-refractivity contribution is 5.94. The van der Waals surface area contributed by atoms with Crippen LogP contribution in [0, 0.1) is 6.92 Å². The van der Waals surface area contributed by atoms with Gasteiger partial charge in [0.05, 0.1) is 11.3 Å². The first-order valence-corrected chi connectivity index (χ1v) is 9.06. The number of amides is 1. The highest BCUT2D eigenvalue weighted by atomic mass is 16.1. The van der Waals surface area contributed by atoms with Gasteiger partial charge in [-0.05, 0) is 52.5 Å². The molecular weight excluding hydrogens is 314 g/mol. The minimum absolute atomic E-state index is 0.0332. The van der Waals surface area contributed by atoms with Crippen molar-refractivity contribution in [2.24, 2.45) is 0 Å². The number of hydrogen-bond donors (Lipinski definition) is 1. The molecule has 0 saturated carbocycles. The number of nitrogens with zero attached hydrogens (tertiary/aromatic N) is 4. The van der Waals surface area contributed by atoms with Gasteiger partial charge in [-0.2, -0.15) is 0 Å². The van der Waals surface area contributed by atoms with Crippen LogP contribution in [0.3, 0.4) is 0 Å². The van der Waals surface area contributed by atoms with Crippen molar-refractivity contribution in [3.63, 3.8) is 0 Å². The van der Waals surface area contributed by atoms with Crippen molar-refractivity contribution in [1.82, 2.24) is 19.6 Å². The second kappa shape index (κ2) is 8.85. The van der Waals surface area contributed by atoms with Crippen LogP contribution in [0.1, 0.15) is 42.2 Å². The van der Waals surface area contributed by atoms with E-state index in [0.29, 0.717) is 12.1 Å². The van der Waals surface area contributed by atoms with Gasteiger partial charge < -0.3 is 15.1 Å². The van der Waals surface area contributed by atoms with Gasteiger partial charge in [0.2, 0.25) is 0 Å². The van der Waals surface area contributed by atoms with Crippen molar-refractivity contribution in [3.05, 3.63) is 29.6 Å². The predicted molar refractivity (Wildman–Crippen MR) is 104 cm³/mol. The maximum Gasteiger partial charge on any atom is 0.252 e. The van der Waals surface area contributed by atoms with Crippen LogP contribution >= 0.6 is 0 Å². The monoisotopic (exact) mass is 345 g/mol. The van der Waals surface area contributed by atoms with Crippen LogP contribution in [-0.4, -0.2) is 61.0 Å². The summed E-state index contributed by atoms with van der Waals surface area (Å²) in [7, 11) is 6.15. The summed E-state index contributed by atoms with van der Waals surface area (Å²) in [4.78, 5) is 21.4. The van der Waals surface area contributed by atoms with Gasteiger partial charge in [0.25, 0.3) is 5.91 Å². The van der Waals surface area contributed by atoms with Crippen LogP contribution in [0.4, 0.5) is 5.82 Å². The van der Waals surface area contributed by atoms with E-state index < -0.39 is 0 Å². The van der Waals surface area contributed by atoms with Crippen molar-refractivity contribution in [1.29, 1.82) is 0 Å². The smallest absolute Gasteiger partial charge is 0.252 e. The van der Waals surface area contributed by atoms with Crippen molar-refractivity contribution < 1.29 is 4.79 Å². The summed E-state index contributed by atoms with van der Waals surface area (Å²) in [6.45, 7) is 6.83. The highest BCUT2D eigenvalue weighted by Crippen LogP contribution is 2.22. The summed E-state index contributed by atoms with van der Waals surface area (Å²) in [5.74, 6) is 1.03. The van der Waals surface area contributed by atoms with Crippen LogP contribution < -0.4 is 10.2 Å². The van der Waals surface area contributed by atoms with E-state index in [1.54, 1.807) is 0 Å². The molecule has 0 radical (unpaired) electrons. The molecule has 25 heavy (non-hydrogen) atoms. The Morgan fingerprint density at radius 1 is 1.20 bits per heavy atom. The van der Waals surface area contributed by atoms with E-state index in [2.05, 4.69) is 34.1 Å². The van der Waals surface area contributed by atoms with Crippen LogP contribution in [0.5, 0.6) is 0 Å². The Balaban J connectivity index is 2.15. The lowest BCUT2D eigenvalue weighted by Gasteiger charge is -2.19. The topological polar surface area (TPSA) is 52.9 Å². The molecule has 0 unspecified atom stereocenters. The lowest BCUT2D eigenvalue weighted by Crippen LogP contribution is -2.27. The maximum absolute atomic E-state index is 12.4. The molecule has 0 aliphatic rings. The fourth-order valence-electron chi connectivity index (χ4n) is 2.94. The van der Waals surface area contributed by atoms with Gasteiger partial charge in [-0.1, -0.05) is 13.3 Å². The molecular formula is C19H31N5O. The number of anilines is 1. The third-order valence-electron chi connectivity index (χ3n) is 4.30. The third kappa shape index (κ3) is 4.95. The summed E-state index contributed by atoms with van der Waals surface area (Å²) < 4.78 is 2.03. The Labute approximate surface area is 150 Å². The molecule has 0 bridgehead atoms. The van der Waals surface area contributed by atoms with Gasteiger partial charge in [0.1, 0.15) is 11.5 Å². The number of aryl methyl sites for hydroxylation is 1. The van der Waals surface area contributed by atoms with Gasteiger partial charge in [-0.15, -0.1) is 0 Å². The van der Waals surface area contributed by atoms with Crippen molar-refractivity contribution in [2.75, 3.05) is 45.7 Å². The molecule has 0 aliphatic carbocycles. The number of aromatic nitrogens is 2. The summed E-state index contributed by atoms with van der Waals surface area (Å²) >= 11 is 0. The fraction of sp³-hybridized carbons (Fsp3) is 0.579. The minimum atomic E-state index is -0.0332. The quantitative estimate of drug-likeness (QED) is 0.710. The van der Waals surface area contributed by atoms with E-state index in [4.69, 9.17) is 0 Å². The molecule has 0 aromatic carbocycles. The Morgan fingerprint density at radius 2 is 1.96 bits per heavy atom. The average Bonchev–Trinajstić information content (AvgIpc) is 2.91. The van der Waals surface area contributed by atoms with Gasteiger partial charge in [0, 0.05) is 26.3 Å². The number of carbonyl (C=O) groups is 1. The molecule has 2 heterocycles. The first-order valence-electron chi connectivity index (χ1n) is 9.06. The lowest BCUT2D eigenvalue weighted by atomic mass is 10.2. The molecule has 6 nitrogen and oxygen atoms in total.